The van der Waals surface area contributed by atoms with Crippen molar-refractivity contribution < 1.29 is 5.11 Å². The number of unbranched alkanes of at least 4 members (excludes halogenated alkanes) is 4. The van der Waals surface area contributed by atoms with Crippen molar-refractivity contribution >= 4 is 0 Å². The highest BCUT2D eigenvalue weighted by Gasteiger charge is 2.05. The van der Waals surface area contributed by atoms with Crippen LogP contribution in [0.2, 0.25) is 0 Å². The van der Waals surface area contributed by atoms with E-state index in [4.69, 9.17) is 5.11 Å². The molecule has 1 N–H and O–H groups in total. The Labute approximate surface area is 109 Å². The van der Waals surface area contributed by atoms with Gasteiger partial charge in [-0.1, -0.05) is 78.6 Å². The van der Waals surface area contributed by atoms with Gasteiger partial charge in [0, 0.05) is 6.61 Å². The van der Waals surface area contributed by atoms with Gasteiger partial charge in [-0.05, 0) is 18.3 Å². The topological polar surface area (TPSA) is 20.2 Å². The van der Waals surface area contributed by atoms with Crippen molar-refractivity contribution in [3.05, 3.63) is 0 Å². The van der Waals surface area contributed by atoms with E-state index in [-0.39, 0.29) is 0 Å². The van der Waals surface area contributed by atoms with Gasteiger partial charge in [-0.15, -0.1) is 0 Å². The third kappa shape index (κ3) is 12.2. The van der Waals surface area contributed by atoms with E-state index in [0.29, 0.717) is 12.5 Å². The molecule has 0 aliphatic rings. The molecule has 0 saturated carbocycles. The van der Waals surface area contributed by atoms with E-state index in [1.807, 2.05) is 0 Å². The van der Waals surface area contributed by atoms with Crippen LogP contribution in [0.3, 0.4) is 0 Å². The third-order valence-corrected chi connectivity index (χ3v) is 3.82. The minimum Gasteiger partial charge on any atom is -0.396 e. The number of rotatable bonds is 12. The zero-order valence-electron chi connectivity index (χ0n) is 12.4. The lowest BCUT2D eigenvalue weighted by Gasteiger charge is -2.13. The fourth-order valence-corrected chi connectivity index (χ4v) is 2.42. The quantitative estimate of drug-likeness (QED) is 0.468. The van der Waals surface area contributed by atoms with Gasteiger partial charge in [-0.3, -0.25) is 0 Å². The molecule has 2 unspecified atom stereocenters. The predicted octanol–water partition coefficient (Wildman–Crippen LogP) is 5.17. The van der Waals surface area contributed by atoms with Gasteiger partial charge >= 0.3 is 0 Å². The van der Waals surface area contributed by atoms with Crippen molar-refractivity contribution in [3.63, 3.8) is 0 Å². The zero-order chi connectivity index (χ0) is 12.9. The molecule has 0 spiro atoms. The first-order valence-corrected chi connectivity index (χ1v) is 7.81. The molecule has 1 nitrogen and oxygen atoms in total. The highest BCUT2D eigenvalue weighted by atomic mass is 16.3. The minimum atomic E-state index is 0.355. The molecule has 0 fully saturated rings. The molecule has 0 bridgehead atoms. The lowest BCUT2D eigenvalue weighted by molar-refractivity contribution is 0.255. The molecule has 0 aromatic heterocycles. The summed E-state index contributed by atoms with van der Waals surface area (Å²) in [6.45, 7) is 7.28. The molecule has 0 saturated heterocycles. The Hall–Kier alpha value is -0.0400. The van der Waals surface area contributed by atoms with Gasteiger partial charge in [0.2, 0.25) is 0 Å². The van der Waals surface area contributed by atoms with Crippen molar-refractivity contribution in [2.75, 3.05) is 6.61 Å². The monoisotopic (exact) mass is 242 g/mol. The fraction of sp³-hybridized carbons (Fsp3) is 1.00. The number of aliphatic hydroxyl groups is 1. The Kier molecular flexibility index (Phi) is 12.4. The number of hydrogen-bond acceptors (Lipinski definition) is 1. The van der Waals surface area contributed by atoms with Crippen LogP contribution in [-0.4, -0.2) is 11.7 Å². The van der Waals surface area contributed by atoms with Crippen LogP contribution in [0.1, 0.15) is 85.0 Å². The standard InChI is InChI=1S/C16H34O/c1-4-5-6-7-8-10-15(2)11-9-12-16(3)13-14-17/h15-17H,4-14H2,1-3H3. The summed E-state index contributed by atoms with van der Waals surface area (Å²) in [5.74, 6) is 1.61. The molecule has 0 aliphatic carbocycles. The maximum atomic E-state index is 8.83. The predicted molar refractivity (Wildman–Crippen MR) is 77.3 cm³/mol. The number of aliphatic hydroxyl groups excluding tert-OH is 1. The first-order chi connectivity index (χ1) is 8.20. The molecule has 0 aliphatic heterocycles. The maximum Gasteiger partial charge on any atom is 0.0433 e. The zero-order valence-corrected chi connectivity index (χ0v) is 12.4. The first kappa shape index (κ1) is 17.0. The van der Waals surface area contributed by atoms with Gasteiger partial charge < -0.3 is 5.11 Å². The van der Waals surface area contributed by atoms with E-state index in [9.17, 15) is 0 Å². The van der Waals surface area contributed by atoms with Crippen molar-refractivity contribution in [2.24, 2.45) is 11.8 Å². The second-order valence-corrected chi connectivity index (χ2v) is 5.86. The molecule has 0 heterocycles. The Bertz CT molecular complexity index is 144. The van der Waals surface area contributed by atoms with E-state index in [1.165, 1.54) is 57.8 Å². The highest BCUT2D eigenvalue weighted by molar-refractivity contribution is 4.58. The Morgan fingerprint density at radius 3 is 1.82 bits per heavy atom. The van der Waals surface area contributed by atoms with E-state index in [1.54, 1.807) is 0 Å². The SMILES string of the molecule is CCCCCCCC(C)CCCC(C)CCO. The Balaban J connectivity index is 3.25. The lowest BCUT2D eigenvalue weighted by atomic mass is 9.93. The summed E-state index contributed by atoms with van der Waals surface area (Å²) in [6.07, 6.45) is 13.4. The van der Waals surface area contributed by atoms with Crippen LogP contribution < -0.4 is 0 Å². The fourth-order valence-electron chi connectivity index (χ4n) is 2.42. The van der Waals surface area contributed by atoms with Gasteiger partial charge in [0.05, 0.1) is 0 Å². The molecular weight excluding hydrogens is 208 g/mol. The molecule has 0 amide bonds. The van der Waals surface area contributed by atoms with Gasteiger partial charge in [0.1, 0.15) is 0 Å². The second kappa shape index (κ2) is 12.4. The van der Waals surface area contributed by atoms with Crippen LogP contribution in [0.5, 0.6) is 0 Å². The molecule has 0 radical (unpaired) electrons. The molecule has 0 aromatic rings. The maximum absolute atomic E-state index is 8.83. The van der Waals surface area contributed by atoms with Gasteiger partial charge in [0.15, 0.2) is 0 Å². The second-order valence-electron chi connectivity index (χ2n) is 5.86. The van der Waals surface area contributed by atoms with Gasteiger partial charge in [-0.25, -0.2) is 0 Å². The van der Waals surface area contributed by atoms with Crippen LogP contribution in [0.15, 0.2) is 0 Å². The third-order valence-electron chi connectivity index (χ3n) is 3.82. The summed E-state index contributed by atoms with van der Waals surface area (Å²) in [5, 5.41) is 8.83. The Morgan fingerprint density at radius 1 is 0.706 bits per heavy atom. The van der Waals surface area contributed by atoms with Crippen LogP contribution in [0.25, 0.3) is 0 Å². The summed E-state index contributed by atoms with van der Waals surface area (Å²) in [5.41, 5.74) is 0. The minimum absolute atomic E-state index is 0.355. The molecule has 1 heteroatoms. The van der Waals surface area contributed by atoms with E-state index >= 15 is 0 Å². The molecule has 2 atom stereocenters. The van der Waals surface area contributed by atoms with Crippen molar-refractivity contribution in [1.29, 1.82) is 0 Å². The summed E-state index contributed by atoms with van der Waals surface area (Å²) in [4.78, 5) is 0. The molecule has 0 aromatic carbocycles. The first-order valence-electron chi connectivity index (χ1n) is 7.81. The molecule has 0 rings (SSSR count). The molecular formula is C16H34O. The van der Waals surface area contributed by atoms with Crippen molar-refractivity contribution in [2.45, 2.75) is 85.0 Å². The Morgan fingerprint density at radius 2 is 1.24 bits per heavy atom. The summed E-state index contributed by atoms with van der Waals surface area (Å²) in [6, 6.07) is 0. The number of hydrogen-bond donors (Lipinski definition) is 1. The average molecular weight is 242 g/mol. The van der Waals surface area contributed by atoms with E-state index < -0.39 is 0 Å². The highest BCUT2D eigenvalue weighted by Crippen LogP contribution is 2.19. The largest absolute Gasteiger partial charge is 0.396 e. The van der Waals surface area contributed by atoms with Crippen molar-refractivity contribution in [3.8, 4) is 0 Å². The average Bonchev–Trinajstić information content (AvgIpc) is 2.29. The molecule has 104 valence electrons. The lowest BCUT2D eigenvalue weighted by Crippen LogP contribution is -2.00. The smallest absolute Gasteiger partial charge is 0.0433 e. The van der Waals surface area contributed by atoms with E-state index in [2.05, 4.69) is 20.8 Å². The summed E-state index contributed by atoms with van der Waals surface area (Å²) < 4.78 is 0. The van der Waals surface area contributed by atoms with Gasteiger partial charge in [0.25, 0.3) is 0 Å². The normalized spacial score (nSPS) is 14.8. The summed E-state index contributed by atoms with van der Waals surface area (Å²) in [7, 11) is 0. The van der Waals surface area contributed by atoms with Crippen LogP contribution in [-0.2, 0) is 0 Å². The van der Waals surface area contributed by atoms with Crippen LogP contribution >= 0.6 is 0 Å². The molecule has 17 heavy (non-hydrogen) atoms. The van der Waals surface area contributed by atoms with Crippen molar-refractivity contribution in [1.82, 2.24) is 0 Å². The van der Waals surface area contributed by atoms with Crippen LogP contribution in [0.4, 0.5) is 0 Å². The summed E-state index contributed by atoms with van der Waals surface area (Å²) >= 11 is 0. The van der Waals surface area contributed by atoms with E-state index in [0.717, 1.165) is 12.3 Å². The van der Waals surface area contributed by atoms with Gasteiger partial charge in [-0.2, -0.15) is 0 Å². The van der Waals surface area contributed by atoms with Crippen LogP contribution in [0, 0.1) is 11.8 Å².